The van der Waals surface area contributed by atoms with E-state index in [0.717, 1.165) is 35.5 Å². The Morgan fingerprint density at radius 1 is 1.15 bits per heavy atom. The molecule has 0 fully saturated rings. The summed E-state index contributed by atoms with van der Waals surface area (Å²) < 4.78 is 13.0. The molecular weight excluding hydrogens is 342 g/mol. The van der Waals surface area contributed by atoms with Crippen LogP contribution in [0.25, 0.3) is 11.0 Å². The summed E-state index contributed by atoms with van der Waals surface area (Å²) in [6, 6.07) is 13.1. The maximum atomic E-state index is 12.2. The van der Waals surface area contributed by atoms with E-state index < -0.39 is 0 Å². The predicted molar refractivity (Wildman–Crippen MR) is 104 cm³/mol. The molecule has 140 valence electrons. The van der Waals surface area contributed by atoms with E-state index in [1.54, 1.807) is 19.2 Å². The van der Waals surface area contributed by atoms with Crippen molar-refractivity contribution in [2.45, 2.75) is 32.2 Å². The van der Waals surface area contributed by atoms with Gasteiger partial charge in [0.05, 0.1) is 18.1 Å². The molecule has 27 heavy (non-hydrogen) atoms. The molecule has 1 aliphatic rings. The molecule has 1 N–H and O–H groups in total. The van der Waals surface area contributed by atoms with E-state index in [0.29, 0.717) is 11.5 Å². The summed E-state index contributed by atoms with van der Waals surface area (Å²) in [6.07, 6.45) is 4.66. The standard InChI is InChI=1S/C21H23N3O3/c1-26-16-6-5-7-17(13-16)27-14-21(25)22-15-9-10-19-18(12-15)23-20-8-3-2-4-11-24(19)20/h5-7,9-10,12-13H,2-4,8,11,14H2,1H3,(H,22,25). The molecule has 6 heteroatoms. The van der Waals surface area contributed by atoms with Crippen molar-refractivity contribution in [2.24, 2.45) is 0 Å². The van der Waals surface area contributed by atoms with Crippen molar-refractivity contribution in [3.05, 3.63) is 48.3 Å². The number of anilines is 1. The first-order valence-electron chi connectivity index (χ1n) is 9.29. The first kappa shape index (κ1) is 17.4. The van der Waals surface area contributed by atoms with E-state index in [-0.39, 0.29) is 12.5 Å². The van der Waals surface area contributed by atoms with Gasteiger partial charge in [-0.1, -0.05) is 12.5 Å². The fraction of sp³-hybridized carbons (Fsp3) is 0.333. The Labute approximate surface area is 158 Å². The van der Waals surface area contributed by atoms with Gasteiger partial charge in [-0.2, -0.15) is 0 Å². The molecule has 3 aromatic rings. The number of methoxy groups -OCH3 is 1. The van der Waals surface area contributed by atoms with E-state index in [1.807, 2.05) is 30.3 Å². The van der Waals surface area contributed by atoms with E-state index in [2.05, 4.69) is 9.88 Å². The minimum Gasteiger partial charge on any atom is -0.497 e. The van der Waals surface area contributed by atoms with Gasteiger partial charge in [-0.05, 0) is 43.2 Å². The molecule has 0 saturated carbocycles. The molecule has 1 aromatic heterocycles. The molecule has 2 aromatic carbocycles. The van der Waals surface area contributed by atoms with Crippen molar-refractivity contribution in [3.63, 3.8) is 0 Å². The molecule has 0 spiro atoms. The maximum absolute atomic E-state index is 12.2. The van der Waals surface area contributed by atoms with Gasteiger partial charge in [0, 0.05) is 24.7 Å². The number of hydrogen-bond acceptors (Lipinski definition) is 4. The van der Waals surface area contributed by atoms with Crippen molar-refractivity contribution in [1.82, 2.24) is 9.55 Å². The Morgan fingerprint density at radius 2 is 2.04 bits per heavy atom. The van der Waals surface area contributed by atoms with Crippen molar-refractivity contribution in [1.29, 1.82) is 0 Å². The highest BCUT2D eigenvalue weighted by Crippen LogP contribution is 2.24. The second-order valence-corrected chi connectivity index (χ2v) is 6.71. The van der Waals surface area contributed by atoms with Crippen LogP contribution in [0.3, 0.4) is 0 Å². The summed E-state index contributed by atoms with van der Waals surface area (Å²) in [7, 11) is 1.59. The number of carbonyl (C=O) groups excluding carboxylic acids is 1. The Morgan fingerprint density at radius 3 is 2.93 bits per heavy atom. The van der Waals surface area contributed by atoms with Crippen LogP contribution in [0.2, 0.25) is 0 Å². The molecule has 1 amide bonds. The molecule has 0 bridgehead atoms. The molecule has 4 rings (SSSR count). The lowest BCUT2D eigenvalue weighted by Gasteiger charge is -2.09. The smallest absolute Gasteiger partial charge is 0.262 e. The van der Waals surface area contributed by atoms with Crippen LogP contribution in [0, 0.1) is 0 Å². The van der Waals surface area contributed by atoms with Crippen LogP contribution in [-0.4, -0.2) is 29.2 Å². The molecule has 1 aliphatic heterocycles. The van der Waals surface area contributed by atoms with Gasteiger partial charge in [0.15, 0.2) is 6.61 Å². The Bertz CT molecular complexity index is 964. The summed E-state index contributed by atoms with van der Waals surface area (Å²) in [5, 5.41) is 2.88. The Balaban J connectivity index is 1.42. The molecule has 0 aliphatic carbocycles. The zero-order valence-corrected chi connectivity index (χ0v) is 15.4. The lowest BCUT2D eigenvalue weighted by atomic mass is 10.2. The van der Waals surface area contributed by atoms with Crippen LogP contribution in [0.15, 0.2) is 42.5 Å². The normalized spacial score (nSPS) is 13.7. The predicted octanol–water partition coefficient (Wildman–Crippen LogP) is 3.79. The number of nitrogens with one attached hydrogen (secondary N) is 1. The van der Waals surface area contributed by atoms with E-state index in [9.17, 15) is 4.79 Å². The monoisotopic (exact) mass is 365 g/mol. The summed E-state index contributed by atoms with van der Waals surface area (Å²) >= 11 is 0. The molecule has 0 saturated heterocycles. The van der Waals surface area contributed by atoms with Gasteiger partial charge in [-0.15, -0.1) is 0 Å². The number of aromatic nitrogens is 2. The second-order valence-electron chi connectivity index (χ2n) is 6.71. The first-order chi connectivity index (χ1) is 13.2. The van der Waals surface area contributed by atoms with Gasteiger partial charge in [0.25, 0.3) is 5.91 Å². The average Bonchev–Trinajstić information content (AvgIpc) is 2.86. The second kappa shape index (κ2) is 7.70. The summed E-state index contributed by atoms with van der Waals surface area (Å²) in [5.74, 6) is 2.22. The Kier molecular flexibility index (Phi) is 4.96. The third-order valence-corrected chi connectivity index (χ3v) is 4.80. The van der Waals surface area contributed by atoms with Crippen molar-refractivity contribution >= 4 is 22.6 Å². The molecule has 0 atom stereocenters. The van der Waals surface area contributed by atoms with Crippen LogP contribution in [0.4, 0.5) is 5.69 Å². The van der Waals surface area contributed by atoms with Crippen molar-refractivity contribution in [2.75, 3.05) is 19.0 Å². The summed E-state index contributed by atoms with van der Waals surface area (Å²) in [5.41, 5.74) is 2.80. The summed E-state index contributed by atoms with van der Waals surface area (Å²) in [4.78, 5) is 17.0. The number of ether oxygens (including phenoxy) is 2. The lowest BCUT2D eigenvalue weighted by Crippen LogP contribution is -2.20. The quantitative estimate of drug-likeness (QED) is 0.747. The van der Waals surface area contributed by atoms with Crippen LogP contribution in [-0.2, 0) is 17.8 Å². The van der Waals surface area contributed by atoms with Gasteiger partial charge in [0.1, 0.15) is 17.3 Å². The number of amides is 1. The van der Waals surface area contributed by atoms with E-state index in [4.69, 9.17) is 14.5 Å². The van der Waals surface area contributed by atoms with Crippen LogP contribution in [0.5, 0.6) is 11.5 Å². The largest absolute Gasteiger partial charge is 0.497 e. The van der Waals surface area contributed by atoms with Crippen LogP contribution < -0.4 is 14.8 Å². The Hall–Kier alpha value is -3.02. The number of fused-ring (bicyclic) bond motifs is 3. The van der Waals surface area contributed by atoms with Crippen LogP contribution in [0.1, 0.15) is 25.1 Å². The third kappa shape index (κ3) is 3.89. The zero-order valence-electron chi connectivity index (χ0n) is 15.4. The SMILES string of the molecule is COc1cccc(OCC(=O)Nc2ccc3c(c2)nc2n3CCCCC2)c1. The molecule has 2 heterocycles. The third-order valence-electron chi connectivity index (χ3n) is 4.80. The number of rotatable bonds is 5. The average molecular weight is 365 g/mol. The van der Waals surface area contributed by atoms with Gasteiger partial charge < -0.3 is 19.4 Å². The van der Waals surface area contributed by atoms with Gasteiger partial charge in [-0.3, -0.25) is 4.79 Å². The highest BCUT2D eigenvalue weighted by atomic mass is 16.5. The number of benzene rings is 2. The maximum Gasteiger partial charge on any atom is 0.262 e. The number of nitrogens with zero attached hydrogens (tertiary/aromatic N) is 2. The van der Waals surface area contributed by atoms with E-state index >= 15 is 0 Å². The lowest BCUT2D eigenvalue weighted by molar-refractivity contribution is -0.118. The van der Waals surface area contributed by atoms with Crippen LogP contribution >= 0.6 is 0 Å². The van der Waals surface area contributed by atoms with E-state index in [1.165, 1.54) is 19.3 Å². The first-order valence-corrected chi connectivity index (χ1v) is 9.29. The minimum absolute atomic E-state index is 0.0646. The van der Waals surface area contributed by atoms with Gasteiger partial charge in [-0.25, -0.2) is 4.98 Å². The molecular formula is C21H23N3O3. The highest BCUT2D eigenvalue weighted by Gasteiger charge is 2.14. The number of imidazole rings is 1. The number of carbonyl (C=O) groups is 1. The van der Waals surface area contributed by atoms with Crippen molar-refractivity contribution < 1.29 is 14.3 Å². The zero-order chi connectivity index (χ0) is 18.6. The van der Waals surface area contributed by atoms with Gasteiger partial charge in [0.2, 0.25) is 0 Å². The van der Waals surface area contributed by atoms with Crippen molar-refractivity contribution in [3.8, 4) is 11.5 Å². The fourth-order valence-electron chi connectivity index (χ4n) is 3.46. The molecule has 6 nitrogen and oxygen atoms in total. The number of aryl methyl sites for hydroxylation is 2. The number of hydrogen-bond donors (Lipinski definition) is 1. The van der Waals surface area contributed by atoms with Gasteiger partial charge >= 0.3 is 0 Å². The molecule has 0 radical (unpaired) electrons. The topological polar surface area (TPSA) is 65.4 Å². The minimum atomic E-state index is -0.210. The summed E-state index contributed by atoms with van der Waals surface area (Å²) in [6.45, 7) is 0.955. The highest BCUT2D eigenvalue weighted by molar-refractivity contribution is 5.94. The fourth-order valence-corrected chi connectivity index (χ4v) is 3.46. The molecule has 0 unspecified atom stereocenters.